The van der Waals surface area contributed by atoms with Gasteiger partial charge in [-0.2, -0.15) is 0 Å². The monoisotopic (exact) mass is 326 g/mol. The molecule has 2 N–H and O–H groups in total. The molecule has 0 bridgehead atoms. The molecule has 0 aromatic heterocycles. The van der Waals surface area contributed by atoms with Crippen LogP contribution in [0.25, 0.3) is 0 Å². The number of carbonyl (C=O) groups is 1. The molecular formula is C14H12Cl2N2OS. The van der Waals surface area contributed by atoms with E-state index >= 15 is 0 Å². The van der Waals surface area contributed by atoms with Crippen molar-refractivity contribution in [3.63, 3.8) is 0 Å². The molecule has 0 saturated carbocycles. The van der Waals surface area contributed by atoms with E-state index in [-0.39, 0.29) is 6.03 Å². The van der Waals surface area contributed by atoms with E-state index in [1.165, 1.54) is 0 Å². The summed E-state index contributed by atoms with van der Waals surface area (Å²) in [7, 11) is 0. The van der Waals surface area contributed by atoms with Gasteiger partial charge in [0, 0.05) is 15.6 Å². The molecule has 0 aliphatic heterocycles. The molecule has 20 heavy (non-hydrogen) atoms. The molecule has 0 saturated heterocycles. The highest BCUT2D eigenvalue weighted by atomic mass is 35.5. The highest BCUT2D eigenvalue weighted by Crippen LogP contribution is 2.25. The maximum absolute atomic E-state index is 11.9. The molecule has 0 unspecified atom stereocenters. The van der Waals surface area contributed by atoms with Crippen LogP contribution in [0.1, 0.15) is 0 Å². The van der Waals surface area contributed by atoms with E-state index in [9.17, 15) is 4.79 Å². The third-order valence-electron chi connectivity index (χ3n) is 2.50. The van der Waals surface area contributed by atoms with Crippen LogP contribution >= 0.6 is 35.0 Å². The summed E-state index contributed by atoms with van der Waals surface area (Å²) in [6.45, 7) is 0. The van der Waals surface area contributed by atoms with E-state index < -0.39 is 0 Å². The van der Waals surface area contributed by atoms with E-state index in [2.05, 4.69) is 10.6 Å². The maximum atomic E-state index is 11.9. The van der Waals surface area contributed by atoms with Gasteiger partial charge in [0.25, 0.3) is 0 Å². The molecule has 6 heteroatoms. The Morgan fingerprint density at radius 1 is 1.10 bits per heavy atom. The summed E-state index contributed by atoms with van der Waals surface area (Å²) in [6.07, 6.45) is 1.98. The Morgan fingerprint density at radius 3 is 2.65 bits per heavy atom. The molecule has 2 amide bonds. The van der Waals surface area contributed by atoms with Gasteiger partial charge in [0.2, 0.25) is 0 Å². The van der Waals surface area contributed by atoms with Crippen molar-refractivity contribution in [2.75, 3.05) is 16.9 Å². The molecule has 0 fully saturated rings. The van der Waals surface area contributed by atoms with Crippen LogP contribution in [-0.4, -0.2) is 12.3 Å². The average molecular weight is 327 g/mol. The number of anilines is 2. The molecule has 0 radical (unpaired) electrons. The highest BCUT2D eigenvalue weighted by molar-refractivity contribution is 7.98. The topological polar surface area (TPSA) is 41.1 Å². The van der Waals surface area contributed by atoms with Crippen LogP contribution < -0.4 is 10.6 Å². The lowest BCUT2D eigenvalue weighted by atomic mass is 10.3. The number of hydrogen-bond donors (Lipinski definition) is 2. The molecule has 104 valence electrons. The quantitative estimate of drug-likeness (QED) is 0.745. The normalized spacial score (nSPS) is 10.2. The Bertz CT molecular complexity index is 634. The summed E-state index contributed by atoms with van der Waals surface area (Å²) in [4.78, 5) is 13.0. The number of urea groups is 1. The first kappa shape index (κ1) is 15.0. The largest absolute Gasteiger partial charge is 0.323 e. The minimum absolute atomic E-state index is 0.368. The van der Waals surface area contributed by atoms with Crippen molar-refractivity contribution >= 4 is 52.4 Å². The number of carbonyl (C=O) groups excluding carboxylic acids is 1. The van der Waals surface area contributed by atoms with Crippen molar-refractivity contribution in [1.82, 2.24) is 0 Å². The first-order valence-electron chi connectivity index (χ1n) is 5.75. The third-order valence-corrected chi connectivity index (χ3v) is 3.79. The van der Waals surface area contributed by atoms with Gasteiger partial charge in [-0.15, -0.1) is 11.8 Å². The van der Waals surface area contributed by atoms with Crippen molar-refractivity contribution in [3.8, 4) is 0 Å². The van der Waals surface area contributed by atoms with E-state index in [0.717, 1.165) is 4.90 Å². The molecule has 0 aliphatic carbocycles. The number of rotatable bonds is 3. The molecule has 2 rings (SSSR count). The first-order chi connectivity index (χ1) is 9.58. The van der Waals surface area contributed by atoms with Gasteiger partial charge in [-0.05, 0) is 42.7 Å². The van der Waals surface area contributed by atoms with Crippen molar-refractivity contribution < 1.29 is 4.79 Å². The second-order valence-electron chi connectivity index (χ2n) is 3.94. The summed E-state index contributed by atoms with van der Waals surface area (Å²) in [6, 6.07) is 12.1. The van der Waals surface area contributed by atoms with Gasteiger partial charge in [0.05, 0.1) is 10.7 Å². The highest BCUT2D eigenvalue weighted by Gasteiger charge is 2.07. The number of halogens is 2. The minimum Gasteiger partial charge on any atom is -0.308 e. The van der Waals surface area contributed by atoms with Crippen molar-refractivity contribution in [1.29, 1.82) is 0 Å². The van der Waals surface area contributed by atoms with Crippen LogP contribution in [0.5, 0.6) is 0 Å². The summed E-state index contributed by atoms with van der Waals surface area (Å²) >= 11 is 13.5. The zero-order chi connectivity index (χ0) is 14.5. The van der Waals surface area contributed by atoms with Crippen molar-refractivity contribution in [2.24, 2.45) is 0 Å². The predicted octanol–water partition coefficient (Wildman–Crippen LogP) is 5.36. The molecule has 2 aromatic carbocycles. The number of amides is 2. The lowest BCUT2D eigenvalue weighted by Crippen LogP contribution is -2.19. The Labute approximate surface area is 131 Å². The van der Waals surface area contributed by atoms with Crippen molar-refractivity contribution in [2.45, 2.75) is 4.90 Å². The van der Waals surface area contributed by atoms with Gasteiger partial charge in [-0.1, -0.05) is 29.3 Å². The molecule has 2 aromatic rings. The fourth-order valence-corrected chi connectivity index (χ4v) is 2.38. The van der Waals surface area contributed by atoms with Crippen LogP contribution in [0.3, 0.4) is 0 Å². The van der Waals surface area contributed by atoms with E-state index in [1.807, 2.05) is 30.5 Å². The van der Waals surface area contributed by atoms with Gasteiger partial charge in [0.15, 0.2) is 0 Å². The standard InChI is InChI=1S/C14H12Cl2N2OS/c1-20-11-4-2-3-10(8-11)17-14(19)18-13-7-9(15)5-6-12(13)16/h2-8H,1H3,(H2,17,18,19). The molecule has 0 atom stereocenters. The van der Waals surface area contributed by atoms with Crippen LogP contribution in [0.4, 0.5) is 16.2 Å². The summed E-state index contributed by atoms with van der Waals surface area (Å²) in [5.74, 6) is 0. The van der Waals surface area contributed by atoms with E-state index in [1.54, 1.807) is 30.0 Å². The first-order valence-corrected chi connectivity index (χ1v) is 7.73. The van der Waals surface area contributed by atoms with E-state index in [0.29, 0.717) is 21.4 Å². The Kier molecular flexibility index (Phi) is 5.17. The number of thioether (sulfide) groups is 1. The average Bonchev–Trinajstić information content (AvgIpc) is 2.43. The third kappa shape index (κ3) is 4.07. The minimum atomic E-state index is -0.368. The lowest BCUT2D eigenvalue weighted by molar-refractivity contribution is 0.262. The molecule has 3 nitrogen and oxygen atoms in total. The second kappa shape index (κ2) is 6.88. The Balaban J connectivity index is 2.07. The zero-order valence-corrected chi connectivity index (χ0v) is 12.9. The molecule has 0 spiro atoms. The Morgan fingerprint density at radius 2 is 1.90 bits per heavy atom. The summed E-state index contributed by atoms with van der Waals surface area (Å²) < 4.78 is 0. The van der Waals surface area contributed by atoms with Crippen LogP contribution in [0, 0.1) is 0 Å². The van der Waals surface area contributed by atoms with Gasteiger partial charge in [-0.3, -0.25) is 0 Å². The zero-order valence-electron chi connectivity index (χ0n) is 10.6. The fraction of sp³-hybridized carbons (Fsp3) is 0.0714. The lowest BCUT2D eigenvalue weighted by Gasteiger charge is -2.10. The number of hydrogen-bond acceptors (Lipinski definition) is 2. The smallest absolute Gasteiger partial charge is 0.308 e. The van der Waals surface area contributed by atoms with Crippen LogP contribution in [0.2, 0.25) is 10.0 Å². The number of benzene rings is 2. The summed E-state index contributed by atoms with van der Waals surface area (Å²) in [5.41, 5.74) is 1.19. The second-order valence-corrected chi connectivity index (χ2v) is 5.66. The molecule has 0 heterocycles. The maximum Gasteiger partial charge on any atom is 0.323 e. The molecular weight excluding hydrogens is 315 g/mol. The van der Waals surface area contributed by atoms with Gasteiger partial charge < -0.3 is 10.6 Å². The van der Waals surface area contributed by atoms with Gasteiger partial charge >= 0.3 is 6.03 Å². The SMILES string of the molecule is CSc1cccc(NC(=O)Nc2cc(Cl)ccc2Cl)c1. The number of nitrogens with one attached hydrogen (secondary N) is 2. The summed E-state index contributed by atoms with van der Waals surface area (Å²) in [5, 5.41) is 6.35. The van der Waals surface area contributed by atoms with E-state index in [4.69, 9.17) is 23.2 Å². The van der Waals surface area contributed by atoms with Crippen LogP contribution in [-0.2, 0) is 0 Å². The van der Waals surface area contributed by atoms with Crippen LogP contribution in [0.15, 0.2) is 47.4 Å². The van der Waals surface area contributed by atoms with Crippen molar-refractivity contribution in [3.05, 3.63) is 52.5 Å². The van der Waals surface area contributed by atoms with Gasteiger partial charge in [0.1, 0.15) is 0 Å². The fourth-order valence-electron chi connectivity index (χ4n) is 1.58. The van der Waals surface area contributed by atoms with Gasteiger partial charge in [-0.25, -0.2) is 4.79 Å². The Hall–Kier alpha value is -1.36. The molecule has 0 aliphatic rings. The predicted molar refractivity (Wildman–Crippen MR) is 87.3 cm³/mol.